The van der Waals surface area contributed by atoms with E-state index in [1.165, 1.54) is 32.1 Å². The topological polar surface area (TPSA) is 46.2 Å². The Balaban J connectivity index is 2.26. The van der Waals surface area contributed by atoms with E-state index in [1.54, 1.807) is 0 Å². The van der Waals surface area contributed by atoms with Crippen molar-refractivity contribution in [2.75, 3.05) is 0 Å². The number of aliphatic hydroxyl groups excluding tert-OH is 1. The van der Waals surface area contributed by atoms with E-state index in [-0.39, 0.29) is 0 Å². The summed E-state index contributed by atoms with van der Waals surface area (Å²) in [5, 5.41) is 9.17. The summed E-state index contributed by atoms with van der Waals surface area (Å²) in [4.78, 5) is 0. The van der Waals surface area contributed by atoms with E-state index in [9.17, 15) is 5.11 Å². The molecule has 66 valence electrons. The fraction of sp³-hybridized carbons (Fsp3) is 1.00. The van der Waals surface area contributed by atoms with E-state index in [0.717, 1.165) is 12.8 Å². The zero-order valence-electron chi connectivity index (χ0n) is 7.13. The van der Waals surface area contributed by atoms with Crippen molar-refractivity contribution in [3.8, 4) is 0 Å². The second-order valence-corrected chi connectivity index (χ2v) is 3.60. The monoisotopic (exact) mass is 157 g/mol. The van der Waals surface area contributed by atoms with Crippen LogP contribution in [0.2, 0.25) is 0 Å². The molecule has 0 spiro atoms. The molecular weight excluding hydrogens is 138 g/mol. The van der Waals surface area contributed by atoms with Crippen molar-refractivity contribution >= 4 is 0 Å². The summed E-state index contributed by atoms with van der Waals surface area (Å²) >= 11 is 0. The average molecular weight is 157 g/mol. The van der Waals surface area contributed by atoms with Gasteiger partial charge in [-0.15, -0.1) is 0 Å². The van der Waals surface area contributed by atoms with Crippen LogP contribution in [0.3, 0.4) is 0 Å². The van der Waals surface area contributed by atoms with Gasteiger partial charge in [0.05, 0.1) is 0 Å². The number of hydrogen-bond donors (Lipinski definition) is 2. The van der Waals surface area contributed by atoms with Crippen LogP contribution in [-0.4, -0.2) is 11.3 Å². The van der Waals surface area contributed by atoms with Crippen LogP contribution in [0.25, 0.3) is 0 Å². The zero-order valence-corrected chi connectivity index (χ0v) is 7.13. The maximum absolute atomic E-state index is 9.17. The van der Waals surface area contributed by atoms with Gasteiger partial charge in [-0.2, -0.15) is 0 Å². The summed E-state index contributed by atoms with van der Waals surface area (Å²) < 4.78 is 0. The minimum atomic E-state index is -0.576. The van der Waals surface area contributed by atoms with Crippen molar-refractivity contribution in [1.82, 2.24) is 0 Å². The van der Waals surface area contributed by atoms with Gasteiger partial charge in [-0.25, -0.2) is 0 Å². The summed E-state index contributed by atoms with van der Waals surface area (Å²) in [6.45, 7) is 0. The molecule has 0 aromatic carbocycles. The van der Waals surface area contributed by atoms with E-state index < -0.39 is 6.23 Å². The van der Waals surface area contributed by atoms with E-state index in [1.807, 2.05) is 0 Å². The molecule has 3 N–H and O–H groups in total. The molecule has 1 saturated carbocycles. The minimum Gasteiger partial charge on any atom is -0.379 e. The third-order valence-corrected chi connectivity index (χ3v) is 2.63. The summed E-state index contributed by atoms with van der Waals surface area (Å²) in [5.41, 5.74) is 5.44. The minimum absolute atomic E-state index is 0.371. The van der Waals surface area contributed by atoms with Gasteiger partial charge in [0.2, 0.25) is 0 Å². The van der Waals surface area contributed by atoms with Crippen molar-refractivity contribution in [2.24, 2.45) is 11.7 Å². The van der Waals surface area contributed by atoms with Crippen molar-refractivity contribution in [1.29, 1.82) is 0 Å². The second kappa shape index (κ2) is 4.73. The summed E-state index contributed by atoms with van der Waals surface area (Å²) in [5.74, 6) is 0.371. The number of hydrogen-bond acceptors (Lipinski definition) is 2. The maximum Gasteiger partial charge on any atom is 0.105 e. The molecule has 1 rings (SSSR count). The lowest BCUT2D eigenvalue weighted by atomic mass is 9.90. The molecular formula is C9H19NO. The van der Waals surface area contributed by atoms with Crippen LogP contribution in [0.4, 0.5) is 0 Å². The lowest BCUT2D eigenvalue weighted by Gasteiger charge is -2.21. The lowest BCUT2D eigenvalue weighted by Crippen LogP contribution is -2.29. The molecule has 0 aromatic rings. The van der Waals surface area contributed by atoms with Crippen LogP contribution in [-0.2, 0) is 0 Å². The summed E-state index contributed by atoms with van der Waals surface area (Å²) in [7, 11) is 0. The van der Waals surface area contributed by atoms with Gasteiger partial charge in [-0.1, -0.05) is 32.1 Å². The Bertz CT molecular complexity index is 95.7. The Morgan fingerprint density at radius 3 is 1.91 bits per heavy atom. The first-order chi connectivity index (χ1) is 5.30. The predicted octanol–water partition coefficient (Wildman–Crippen LogP) is 1.62. The second-order valence-electron chi connectivity index (χ2n) is 3.60. The molecule has 1 unspecified atom stereocenters. The molecule has 2 nitrogen and oxygen atoms in total. The van der Waals surface area contributed by atoms with Gasteiger partial charge in [0.15, 0.2) is 0 Å². The Kier molecular flexibility index (Phi) is 3.87. The molecule has 0 saturated heterocycles. The molecule has 0 heterocycles. The number of nitrogens with two attached hydrogens (primary N) is 1. The smallest absolute Gasteiger partial charge is 0.105 e. The van der Waals surface area contributed by atoms with Gasteiger partial charge >= 0.3 is 0 Å². The SMILES string of the molecule is NC(O)C1CCCCCCC1. The molecule has 11 heavy (non-hydrogen) atoms. The molecule has 0 aromatic heterocycles. The van der Waals surface area contributed by atoms with Gasteiger partial charge in [-0.3, -0.25) is 0 Å². The zero-order chi connectivity index (χ0) is 8.10. The van der Waals surface area contributed by atoms with Gasteiger partial charge in [0.25, 0.3) is 0 Å². The molecule has 1 atom stereocenters. The molecule has 2 heteroatoms. The molecule has 1 aliphatic carbocycles. The number of rotatable bonds is 1. The van der Waals surface area contributed by atoms with Gasteiger partial charge in [0.1, 0.15) is 6.23 Å². The third-order valence-electron chi connectivity index (χ3n) is 2.63. The van der Waals surface area contributed by atoms with E-state index in [2.05, 4.69) is 0 Å². The molecule has 1 aliphatic rings. The molecule has 0 radical (unpaired) electrons. The van der Waals surface area contributed by atoms with Crippen LogP contribution < -0.4 is 5.73 Å². The molecule has 0 bridgehead atoms. The third kappa shape index (κ3) is 3.21. The van der Waals surface area contributed by atoms with Gasteiger partial charge < -0.3 is 10.8 Å². The van der Waals surface area contributed by atoms with Crippen molar-refractivity contribution < 1.29 is 5.11 Å². The maximum atomic E-state index is 9.17. The average Bonchev–Trinajstić information content (AvgIpc) is 1.84. The van der Waals surface area contributed by atoms with Crippen LogP contribution in [0, 0.1) is 5.92 Å². The van der Waals surface area contributed by atoms with Crippen molar-refractivity contribution in [3.63, 3.8) is 0 Å². The van der Waals surface area contributed by atoms with E-state index in [0.29, 0.717) is 5.92 Å². The highest BCUT2D eigenvalue weighted by atomic mass is 16.3. The Morgan fingerprint density at radius 1 is 1.00 bits per heavy atom. The van der Waals surface area contributed by atoms with Gasteiger partial charge in [-0.05, 0) is 18.8 Å². The van der Waals surface area contributed by atoms with E-state index >= 15 is 0 Å². The van der Waals surface area contributed by atoms with Crippen LogP contribution >= 0.6 is 0 Å². The van der Waals surface area contributed by atoms with Crippen molar-refractivity contribution in [3.05, 3.63) is 0 Å². The normalized spacial score (nSPS) is 25.6. The fourth-order valence-electron chi connectivity index (χ4n) is 1.83. The molecule has 0 aliphatic heterocycles. The van der Waals surface area contributed by atoms with Crippen LogP contribution in [0.5, 0.6) is 0 Å². The van der Waals surface area contributed by atoms with E-state index in [4.69, 9.17) is 5.73 Å². The quantitative estimate of drug-likeness (QED) is 0.568. The van der Waals surface area contributed by atoms with Crippen molar-refractivity contribution in [2.45, 2.75) is 51.2 Å². The van der Waals surface area contributed by atoms with Crippen LogP contribution in [0.15, 0.2) is 0 Å². The first-order valence-electron chi connectivity index (χ1n) is 4.74. The first-order valence-corrected chi connectivity index (χ1v) is 4.74. The van der Waals surface area contributed by atoms with Crippen LogP contribution in [0.1, 0.15) is 44.9 Å². The highest BCUT2D eigenvalue weighted by Gasteiger charge is 2.15. The largest absolute Gasteiger partial charge is 0.379 e. The summed E-state index contributed by atoms with van der Waals surface area (Å²) in [6.07, 6.45) is 8.18. The predicted molar refractivity (Wildman–Crippen MR) is 46.0 cm³/mol. The Hall–Kier alpha value is -0.0800. The first kappa shape index (κ1) is 9.01. The highest BCUT2D eigenvalue weighted by Crippen LogP contribution is 2.23. The molecule has 0 amide bonds. The Morgan fingerprint density at radius 2 is 1.45 bits per heavy atom. The number of aliphatic hydroxyl groups is 1. The molecule has 1 fully saturated rings. The lowest BCUT2D eigenvalue weighted by molar-refractivity contribution is 0.0971. The fourth-order valence-corrected chi connectivity index (χ4v) is 1.83. The Labute approximate surface area is 68.8 Å². The van der Waals surface area contributed by atoms with Gasteiger partial charge in [0, 0.05) is 0 Å². The standard InChI is InChI=1S/C9H19NO/c10-9(11)8-6-4-2-1-3-5-7-8/h8-9,11H,1-7,10H2. The highest BCUT2D eigenvalue weighted by molar-refractivity contribution is 4.66. The summed E-state index contributed by atoms with van der Waals surface area (Å²) in [6, 6.07) is 0.